The highest BCUT2D eigenvalue weighted by Crippen LogP contribution is 2.63. The molecule has 2 amide bonds. The summed E-state index contributed by atoms with van der Waals surface area (Å²) < 4.78 is 17.2. The second-order valence-corrected chi connectivity index (χ2v) is 9.88. The van der Waals surface area contributed by atoms with Gasteiger partial charge in [0.25, 0.3) is 5.91 Å². The van der Waals surface area contributed by atoms with Crippen LogP contribution < -0.4 is 9.64 Å². The van der Waals surface area contributed by atoms with Crippen molar-refractivity contribution >= 4 is 23.5 Å². The minimum Gasteiger partial charge on any atom is -0.497 e. The summed E-state index contributed by atoms with van der Waals surface area (Å²) in [7, 11) is 1.57. The number of likely N-dealkylation sites (tertiary alicyclic amines) is 1. The third-order valence-electron chi connectivity index (χ3n) is 7.82. The molecule has 9 nitrogen and oxygen atoms in total. The van der Waals surface area contributed by atoms with E-state index in [1.165, 1.54) is 0 Å². The molecule has 5 atom stereocenters. The molecule has 36 heavy (non-hydrogen) atoms. The third kappa shape index (κ3) is 4.08. The van der Waals surface area contributed by atoms with Crippen LogP contribution in [0.15, 0.2) is 36.9 Å². The molecule has 1 spiro atoms. The molecule has 1 aromatic carbocycles. The first-order valence-electron chi connectivity index (χ1n) is 12.6. The van der Waals surface area contributed by atoms with Gasteiger partial charge in [0.2, 0.25) is 5.91 Å². The Balaban J connectivity index is 1.76. The Bertz CT molecular complexity index is 1010. The molecule has 0 radical (unpaired) electrons. The summed E-state index contributed by atoms with van der Waals surface area (Å²) in [5, 5.41) is 9.32. The van der Waals surface area contributed by atoms with Crippen LogP contribution in [0.5, 0.6) is 5.75 Å². The summed E-state index contributed by atoms with van der Waals surface area (Å²) >= 11 is 0. The Labute approximate surface area is 212 Å². The summed E-state index contributed by atoms with van der Waals surface area (Å²) in [5.41, 5.74) is -1.35. The molecule has 9 heteroatoms. The standard InChI is InChI=1S/C27H36N2O7/c1-5-15-28(18-9-11-19(34-4)12-10-18)24(32)22-27-14-13-26(3,36-27)21(25(33)35-6-2)20(27)23(31)29(22)16-7-8-17-30/h5,9-12,20-22,30H,1,6-8,13-17H2,2-4H3/t20-,21+,22?,26-,27?/m0/s1. The summed E-state index contributed by atoms with van der Waals surface area (Å²) in [4.78, 5) is 44.5. The van der Waals surface area contributed by atoms with Gasteiger partial charge in [-0.05, 0) is 63.8 Å². The van der Waals surface area contributed by atoms with Gasteiger partial charge >= 0.3 is 5.97 Å². The fourth-order valence-corrected chi connectivity index (χ4v) is 6.29. The van der Waals surface area contributed by atoms with E-state index in [-0.39, 0.29) is 38.1 Å². The number of hydrogen-bond acceptors (Lipinski definition) is 7. The molecular formula is C27H36N2O7. The maximum Gasteiger partial charge on any atom is 0.312 e. The highest BCUT2D eigenvalue weighted by atomic mass is 16.6. The van der Waals surface area contributed by atoms with Crippen molar-refractivity contribution < 1.29 is 33.7 Å². The number of rotatable bonds is 11. The van der Waals surface area contributed by atoms with E-state index >= 15 is 0 Å². The molecule has 3 heterocycles. The highest BCUT2D eigenvalue weighted by Gasteiger charge is 2.78. The number of nitrogens with zero attached hydrogens (tertiary/aromatic N) is 2. The number of esters is 1. The van der Waals surface area contributed by atoms with Crippen LogP contribution >= 0.6 is 0 Å². The quantitative estimate of drug-likeness (QED) is 0.282. The first-order chi connectivity index (χ1) is 17.3. The Kier molecular flexibility index (Phi) is 7.43. The Morgan fingerprint density at radius 1 is 1.28 bits per heavy atom. The SMILES string of the molecule is C=CCN(C(=O)C1N(CCCCO)C(=O)[C@@H]2[C@H](C(=O)OCC)[C@]3(C)CCC12O3)c1ccc(OC)cc1. The smallest absolute Gasteiger partial charge is 0.312 e. The molecule has 3 aliphatic rings. The number of hydrogen-bond donors (Lipinski definition) is 1. The predicted molar refractivity (Wildman–Crippen MR) is 132 cm³/mol. The van der Waals surface area contributed by atoms with Gasteiger partial charge in [0.15, 0.2) is 0 Å². The van der Waals surface area contributed by atoms with Gasteiger partial charge in [0, 0.05) is 25.4 Å². The maximum absolute atomic E-state index is 14.3. The van der Waals surface area contributed by atoms with Crippen molar-refractivity contribution in [3.8, 4) is 5.75 Å². The first kappa shape index (κ1) is 26.2. The average Bonchev–Trinajstić information content (AvgIpc) is 3.43. The number of ether oxygens (including phenoxy) is 3. The van der Waals surface area contributed by atoms with E-state index in [4.69, 9.17) is 14.2 Å². The third-order valence-corrected chi connectivity index (χ3v) is 7.82. The lowest BCUT2D eigenvalue weighted by Gasteiger charge is -2.36. The molecular weight excluding hydrogens is 464 g/mol. The molecule has 3 fully saturated rings. The van der Waals surface area contributed by atoms with Gasteiger partial charge in [0.05, 0.1) is 25.2 Å². The Morgan fingerprint density at radius 2 is 2.00 bits per heavy atom. The summed E-state index contributed by atoms with van der Waals surface area (Å²) in [6.07, 6.45) is 3.71. The van der Waals surface area contributed by atoms with Crippen LogP contribution in [0.2, 0.25) is 0 Å². The van der Waals surface area contributed by atoms with Crippen LogP contribution in [-0.4, -0.2) is 78.4 Å². The largest absolute Gasteiger partial charge is 0.497 e. The van der Waals surface area contributed by atoms with Crippen molar-refractivity contribution in [1.29, 1.82) is 0 Å². The fourth-order valence-electron chi connectivity index (χ4n) is 6.29. The van der Waals surface area contributed by atoms with Crippen LogP contribution in [0.3, 0.4) is 0 Å². The minimum absolute atomic E-state index is 0.0102. The number of amides is 2. The second kappa shape index (κ2) is 10.2. The molecule has 0 aromatic heterocycles. The summed E-state index contributed by atoms with van der Waals surface area (Å²) in [6.45, 7) is 8.11. The van der Waals surface area contributed by atoms with Gasteiger partial charge in [-0.15, -0.1) is 6.58 Å². The average molecular weight is 501 g/mol. The Morgan fingerprint density at radius 3 is 2.61 bits per heavy atom. The van der Waals surface area contributed by atoms with Gasteiger partial charge in [-0.1, -0.05) is 6.08 Å². The fraction of sp³-hybridized carbons (Fsp3) is 0.593. The molecule has 3 aliphatic heterocycles. The molecule has 4 rings (SSSR count). The molecule has 2 unspecified atom stereocenters. The number of fused-ring (bicyclic) bond motifs is 1. The minimum atomic E-state index is -1.12. The van der Waals surface area contributed by atoms with Gasteiger partial charge < -0.3 is 29.1 Å². The Hall–Kier alpha value is -2.91. The molecule has 0 aliphatic carbocycles. The van der Waals surface area contributed by atoms with E-state index in [1.54, 1.807) is 54.2 Å². The molecule has 2 bridgehead atoms. The van der Waals surface area contributed by atoms with E-state index in [9.17, 15) is 19.5 Å². The lowest BCUT2D eigenvalue weighted by atomic mass is 9.66. The summed E-state index contributed by atoms with van der Waals surface area (Å²) in [5.74, 6) is -1.91. The first-order valence-corrected chi connectivity index (χ1v) is 12.6. The van der Waals surface area contributed by atoms with Crippen LogP contribution in [0, 0.1) is 11.8 Å². The molecule has 1 N–H and O–H groups in total. The number of carbonyl (C=O) groups is 3. The van der Waals surface area contributed by atoms with Crippen molar-refractivity contribution in [3.05, 3.63) is 36.9 Å². The molecule has 0 saturated carbocycles. The number of aliphatic hydroxyl groups is 1. The van der Waals surface area contributed by atoms with Gasteiger partial charge in [0.1, 0.15) is 23.3 Å². The lowest BCUT2D eigenvalue weighted by Crippen LogP contribution is -2.56. The van der Waals surface area contributed by atoms with E-state index < -0.39 is 35.0 Å². The van der Waals surface area contributed by atoms with E-state index in [1.807, 2.05) is 6.92 Å². The van der Waals surface area contributed by atoms with Gasteiger partial charge in [-0.25, -0.2) is 0 Å². The number of aliphatic hydroxyl groups excluding tert-OH is 1. The molecule has 196 valence electrons. The molecule has 1 aromatic rings. The van der Waals surface area contributed by atoms with Crippen LogP contribution in [0.4, 0.5) is 5.69 Å². The summed E-state index contributed by atoms with van der Waals surface area (Å²) in [6, 6.07) is 6.22. The second-order valence-electron chi connectivity index (χ2n) is 9.88. The van der Waals surface area contributed by atoms with Crippen LogP contribution in [0.1, 0.15) is 39.5 Å². The van der Waals surface area contributed by atoms with Crippen LogP contribution in [-0.2, 0) is 23.9 Å². The normalized spacial score (nSPS) is 30.3. The zero-order chi connectivity index (χ0) is 26.1. The van der Waals surface area contributed by atoms with E-state index in [2.05, 4.69) is 6.58 Å². The number of benzene rings is 1. The van der Waals surface area contributed by atoms with Gasteiger partial charge in [-0.3, -0.25) is 14.4 Å². The van der Waals surface area contributed by atoms with Crippen molar-refractivity contribution in [2.75, 3.05) is 38.3 Å². The topological polar surface area (TPSA) is 106 Å². The number of methoxy groups -OCH3 is 1. The van der Waals surface area contributed by atoms with Gasteiger partial charge in [-0.2, -0.15) is 0 Å². The van der Waals surface area contributed by atoms with Crippen molar-refractivity contribution in [3.63, 3.8) is 0 Å². The monoisotopic (exact) mass is 500 g/mol. The predicted octanol–water partition coefficient (Wildman–Crippen LogP) is 2.31. The number of anilines is 1. The highest BCUT2D eigenvalue weighted by molar-refractivity contribution is 6.04. The van der Waals surface area contributed by atoms with E-state index in [0.29, 0.717) is 37.1 Å². The zero-order valence-corrected chi connectivity index (χ0v) is 21.3. The number of unbranched alkanes of at least 4 members (excludes halogenated alkanes) is 1. The maximum atomic E-state index is 14.3. The lowest BCUT2D eigenvalue weighted by molar-refractivity contribution is -0.159. The van der Waals surface area contributed by atoms with Crippen molar-refractivity contribution in [2.24, 2.45) is 11.8 Å². The van der Waals surface area contributed by atoms with E-state index in [0.717, 1.165) is 0 Å². The zero-order valence-electron chi connectivity index (χ0n) is 21.3. The molecule has 3 saturated heterocycles. The van der Waals surface area contributed by atoms with Crippen molar-refractivity contribution in [1.82, 2.24) is 4.90 Å². The van der Waals surface area contributed by atoms with Crippen LogP contribution in [0.25, 0.3) is 0 Å². The van der Waals surface area contributed by atoms with Crippen molar-refractivity contribution in [2.45, 2.75) is 56.8 Å². The number of carbonyl (C=O) groups excluding carboxylic acids is 3.